The fourth-order valence-corrected chi connectivity index (χ4v) is 4.41. The number of ether oxygens (including phenoxy) is 2. The summed E-state index contributed by atoms with van der Waals surface area (Å²) in [6.07, 6.45) is 1.58. The van der Waals surface area contributed by atoms with Crippen LogP contribution in [0.25, 0.3) is 0 Å². The van der Waals surface area contributed by atoms with E-state index in [4.69, 9.17) is 21.1 Å². The molecule has 174 valence electrons. The number of hydrogen-bond donors (Lipinski definition) is 2. The molecule has 9 heteroatoms. The molecule has 1 aliphatic heterocycles. The zero-order chi connectivity index (χ0) is 23.4. The molecular weight excluding hydrogens is 446 g/mol. The van der Waals surface area contributed by atoms with Crippen molar-refractivity contribution in [1.29, 1.82) is 0 Å². The van der Waals surface area contributed by atoms with Gasteiger partial charge in [0.15, 0.2) is 0 Å². The summed E-state index contributed by atoms with van der Waals surface area (Å²) in [4.78, 5) is 39.1. The maximum Gasteiger partial charge on any atom is 0.324 e. The van der Waals surface area contributed by atoms with E-state index in [0.717, 1.165) is 0 Å². The van der Waals surface area contributed by atoms with Crippen molar-refractivity contribution < 1.29 is 23.9 Å². The molecule has 0 radical (unpaired) electrons. The molecule has 0 aromatic heterocycles. The molecule has 2 aromatic rings. The molecule has 2 N–H and O–H groups in total. The molecule has 8 nitrogen and oxygen atoms in total. The minimum Gasteiger partial charge on any atom is -0.457 e. The summed E-state index contributed by atoms with van der Waals surface area (Å²) in [5.74, 6) is 0.414. The lowest BCUT2D eigenvalue weighted by Crippen LogP contribution is -2.62. The number of anilines is 1. The van der Waals surface area contributed by atoms with E-state index in [-0.39, 0.29) is 36.2 Å². The molecule has 1 heterocycles. The highest BCUT2D eigenvalue weighted by atomic mass is 35.5. The molecule has 3 atom stereocenters. The monoisotopic (exact) mass is 471 g/mol. The van der Waals surface area contributed by atoms with E-state index in [1.165, 1.54) is 12.0 Å². The molecule has 2 aliphatic rings. The first kappa shape index (κ1) is 23.1. The Balaban J connectivity index is 1.32. The van der Waals surface area contributed by atoms with Crippen molar-refractivity contribution in [2.45, 2.75) is 25.3 Å². The second kappa shape index (κ2) is 10.2. The highest BCUT2D eigenvalue weighted by Crippen LogP contribution is 2.34. The number of urea groups is 1. The topological polar surface area (TPSA) is 97.0 Å². The van der Waals surface area contributed by atoms with Gasteiger partial charge in [0.1, 0.15) is 11.5 Å². The maximum absolute atomic E-state index is 12.8. The highest BCUT2D eigenvalue weighted by Gasteiger charge is 2.45. The molecule has 33 heavy (non-hydrogen) atoms. The van der Waals surface area contributed by atoms with Crippen molar-refractivity contribution in [3.05, 3.63) is 53.6 Å². The molecular formula is C24H26ClN3O5. The largest absolute Gasteiger partial charge is 0.457 e. The van der Waals surface area contributed by atoms with Crippen molar-refractivity contribution in [2.75, 3.05) is 25.6 Å². The molecule has 3 unspecified atom stereocenters. The van der Waals surface area contributed by atoms with Crippen molar-refractivity contribution >= 4 is 35.1 Å². The van der Waals surface area contributed by atoms with Gasteiger partial charge in [-0.2, -0.15) is 0 Å². The predicted octanol–water partition coefficient (Wildman–Crippen LogP) is 4.05. The molecule has 0 spiro atoms. The van der Waals surface area contributed by atoms with Crippen LogP contribution in [0.4, 0.5) is 10.5 Å². The van der Waals surface area contributed by atoms with Crippen molar-refractivity contribution in [3.63, 3.8) is 0 Å². The zero-order valence-corrected chi connectivity index (χ0v) is 19.0. The second-order valence-electron chi connectivity index (χ2n) is 8.22. The summed E-state index contributed by atoms with van der Waals surface area (Å²) in [6.45, 7) is 0.525. The van der Waals surface area contributed by atoms with E-state index >= 15 is 0 Å². The molecule has 0 bridgehead atoms. The third-order valence-electron chi connectivity index (χ3n) is 6.05. The van der Waals surface area contributed by atoms with Crippen LogP contribution in [0.2, 0.25) is 5.02 Å². The number of carbonyl (C=O) groups excluding carboxylic acids is 3. The van der Waals surface area contributed by atoms with Gasteiger partial charge in [-0.1, -0.05) is 11.6 Å². The average Bonchev–Trinajstić information content (AvgIpc) is 2.81. The Morgan fingerprint density at radius 2 is 1.76 bits per heavy atom. The van der Waals surface area contributed by atoms with Gasteiger partial charge in [0, 0.05) is 29.8 Å². The Morgan fingerprint density at radius 1 is 1.09 bits per heavy atom. The Kier molecular flexibility index (Phi) is 7.15. The normalized spacial score (nSPS) is 22.4. The van der Waals surface area contributed by atoms with Crippen LogP contribution in [0.3, 0.4) is 0 Å². The van der Waals surface area contributed by atoms with Gasteiger partial charge in [-0.25, -0.2) is 4.79 Å². The third kappa shape index (κ3) is 5.46. The lowest BCUT2D eigenvalue weighted by molar-refractivity contribution is -0.138. The standard InChI is InChI=1S/C24H26ClN3O5/c1-32-13-12-28-23(30)20-11-2-15(14-21(20)27-24(28)31)22(29)26-17-5-9-19(10-6-17)33-18-7-3-16(25)4-8-18/h3-10,15,20-21H,2,11-14H2,1H3,(H,26,29)(H,27,31). The fraction of sp³-hybridized carbons (Fsp3) is 0.375. The molecule has 4 amide bonds. The Morgan fingerprint density at radius 3 is 2.42 bits per heavy atom. The van der Waals surface area contributed by atoms with Crippen molar-refractivity contribution in [3.8, 4) is 11.5 Å². The van der Waals surface area contributed by atoms with Gasteiger partial charge in [0.25, 0.3) is 0 Å². The minimum absolute atomic E-state index is 0.122. The molecule has 1 aliphatic carbocycles. The van der Waals surface area contributed by atoms with Gasteiger partial charge < -0.3 is 20.1 Å². The lowest BCUT2D eigenvalue weighted by atomic mass is 9.76. The van der Waals surface area contributed by atoms with Crippen molar-refractivity contribution in [1.82, 2.24) is 10.2 Å². The first-order chi connectivity index (χ1) is 15.9. The van der Waals surface area contributed by atoms with Crippen LogP contribution in [-0.4, -0.2) is 49.0 Å². The number of amides is 4. The van der Waals surface area contributed by atoms with Crippen LogP contribution in [0.5, 0.6) is 11.5 Å². The molecule has 2 aromatic carbocycles. The molecule has 1 saturated heterocycles. The van der Waals surface area contributed by atoms with Gasteiger partial charge in [0.2, 0.25) is 11.8 Å². The summed E-state index contributed by atoms with van der Waals surface area (Å²) in [6, 6.07) is 13.4. The molecule has 1 saturated carbocycles. The quantitative estimate of drug-likeness (QED) is 0.634. The number of fused-ring (bicyclic) bond motifs is 1. The Bertz CT molecular complexity index is 1010. The van der Waals surface area contributed by atoms with Crippen LogP contribution in [-0.2, 0) is 14.3 Å². The van der Waals surface area contributed by atoms with Gasteiger partial charge in [0.05, 0.1) is 19.1 Å². The first-order valence-electron chi connectivity index (χ1n) is 10.9. The summed E-state index contributed by atoms with van der Waals surface area (Å²) in [5.41, 5.74) is 0.653. The van der Waals surface area contributed by atoms with Gasteiger partial charge in [-0.05, 0) is 67.8 Å². The SMILES string of the molecule is COCCN1C(=O)NC2CC(C(=O)Nc3ccc(Oc4ccc(Cl)cc4)cc3)CCC2C1=O. The number of methoxy groups -OCH3 is 1. The minimum atomic E-state index is -0.421. The summed E-state index contributed by atoms with van der Waals surface area (Å²) in [5, 5.41) is 6.46. The summed E-state index contributed by atoms with van der Waals surface area (Å²) in [7, 11) is 1.53. The van der Waals surface area contributed by atoms with Gasteiger partial charge in [-0.3, -0.25) is 14.5 Å². The summed E-state index contributed by atoms with van der Waals surface area (Å²) < 4.78 is 10.8. The van der Waals surface area contributed by atoms with E-state index in [9.17, 15) is 14.4 Å². The number of nitrogens with zero attached hydrogens (tertiary/aromatic N) is 1. The number of carbonyl (C=O) groups is 3. The van der Waals surface area contributed by atoms with Crippen LogP contribution in [0.1, 0.15) is 19.3 Å². The van der Waals surface area contributed by atoms with Crippen LogP contribution >= 0.6 is 11.6 Å². The van der Waals surface area contributed by atoms with E-state index in [1.54, 1.807) is 48.5 Å². The van der Waals surface area contributed by atoms with Crippen LogP contribution in [0.15, 0.2) is 48.5 Å². The average molecular weight is 472 g/mol. The predicted molar refractivity (Wildman–Crippen MR) is 123 cm³/mol. The van der Waals surface area contributed by atoms with E-state index < -0.39 is 6.03 Å². The van der Waals surface area contributed by atoms with Gasteiger partial charge in [-0.15, -0.1) is 0 Å². The molecule has 4 rings (SSSR count). The van der Waals surface area contributed by atoms with Crippen LogP contribution in [0, 0.1) is 11.8 Å². The van der Waals surface area contributed by atoms with E-state index in [2.05, 4.69) is 10.6 Å². The fourth-order valence-electron chi connectivity index (χ4n) is 4.28. The van der Waals surface area contributed by atoms with Gasteiger partial charge >= 0.3 is 6.03 Å². The third-order valence-corrected chi connectivity index (χ3v) is 6.30. The summed E-state index contributed by atoms with van der Waals surface area (Å²) >= 11 is 5.88. The first-order valence-corrected chi connectivity index (χ1v) is 11.3. The number of rotatable bonds is 7. The zero-order valence-electron chi connectivity index (χ0n) is 18.3. The Labute approximate surface area is 197 Å². The van der Waals surface area contributed by atoms with Crippen LogP contribution < -0.4 is 15.4 Å². The Hall–Kier alpha value is -3.10. The molecule has 2 fully saturated rings. The highest BCUT2D eigenvalue weighted by molar-refractivity contribution is 6.30. The van der Waals surface area contributed by atoms with E-state index in [1.807, 2.05) is 0 Å². The van der Waals surface area contributed by atoms with Crippen molar-refractivity contribution in [2.24, 2.45) is 11.8 Å². The number of benzene rings is 2. The van der Waals surface area contributed by atoms with E-state index in [0.29, 0.717) is 48.1 Å². The maximum atomic E-state index is 12.8. The lowest BCUT2D eigenvalue weighted by Gasteiger charge is -2.41. The number of nitrogens with one attached hydrogen (secondary N) is 2. The number of hydrogen-bond acceptors (Lipinski definition) is 5. The smallest absolute Gasteiger partial charge is 0.324 e. The number of halogens is 1. The number of imide groups is 1. The second-order valence-corrected chi connectivity index (χ2v) is 8.66.